The molecule has 1 aliphatic carbocycles. The van der Waals surface area contributed by atoms with Crippen LogP contribution in [0.5, 0.6) is 0 Å². The van der Waals surface area contributed by atoms with Crippen LogP contribution in [-0.2, 0) is 0 Å². The maximum Gasteiger partial charge on any atom is -0.0236 e. The molecule has 1 aliphatic rings. The monoisotopic (exact) mass is 232 g/mol. The maximum absolute atomic E-state index is 3.06. The van der Waals surface area contributed by atoms with Gasteiger partial charge in [-0.25, -0.2) is 0 Å². The fourth-order valence-corrected chi connectivity index (χ4v) is 3.75. The molecular formula is C12H26P2. The van der Waals surface area contributed by atoms with Gasteiger partial charge in [0.25, 0.3) is 0 Å². The van der Waals surface area contributed by atoms with Gasteiger partial charge >= 0.3 is 0 Å². The predicted molar refractivity (Wildman–Crippen MR) is 73.0 cm³/mol. The van der Waals surface area contributed by atoms with Crippen LogP contribution in [0.3, 0.4) is 0 Å². The summed E-state index contributed by atoms with van der Waals surface area (Å²) in [5.74, 6) is 2.00. The Balaban J connectivity index is 2.17. The van der Waals surface area contributed by atoms with Gasteiger partial charge in [-0.3, -0.25) is 0 Å². The van der Waals surface area contributed by atoms with Crippen LogP contribution < -0.4 is 0 Å². The largest absolute Gasteiger partial charge is 0.137 e. The molecule has 0 radical (unpaired) electrons. The first-order chi connectivity index (χ1) is 6.77. The van der Waals surface area contributed by atoms with Crippen molar-refractivity contribution in [3.05, 3.63) is 0 Å². The van der Waals surface area contributed by atoms with E-state index in [4.69, 9.17) is 0 Å². The predicted octanol–water partition coefficient (Wildman–Crippen LogP) is 4.10. The van der Waals surface area contributed by atoms with Crippen molar-refractivity contribution < 1.29 is 0 Å². The van der Waals surface area contributed by atoms with Crippen LogP contribution in [0.4, 0.5) is 0 Å². The summed E-state index contributed by atoms with van der Waals surface area (Å²) < 4.78 is 0. The second-order valence-electron chi connectivity index (χ2n) is 4.82. The van der Waals surface area contributed by atoms with Gasteiger partial charge in [0, 0.05) is 0 Å². The smallest absolute Gasteiger partial charge is 0.0236 e. The van der Waals surface area contributed by atoms with E-state index in [0.29, 0.717) is 0 Å². The van der Waals surface area contributed by atoms with E-state index in [1.165, 1.54) is 51.1 Å². The molecule has 84 valence electrons. The van der Waals surface area contributed by atoms with E-state index >= 15 is 0 Å². The first-order valence-corrected chi connectivity index (χ1v) is 7.71. The quantitative estimate of drug-likeness (QED) is 0.605. The van der Waals surface area contributed by atoms with Crippen LogP contribution in [0, 0.1) is 11.8 Å². The maximum atomic E-state index is 3.06. The van der Waals surface area contributed by atoms with Gasteiger partial charge in [-0.2, -0.15) is 0 Å². The zero-order chi connectivity index (χ0) is 10.4. The van der Waals surface area contributed by atoms with Crippen LogP contribution in [-0.4, -0.2) is 11.8 Å². The zero-order valence-electron chi connectivity index (χ0n) is 9.54. The fourth-order valence-electron chi connectivity index (χ4n) is 2.66. The molecule has 0 aromatic heterocycles. The lowest BCUT2D eigenvalue weighted by molar-refractivity contribution is 0.406. The molecule has 0 nitrogen and oxygen atoms in total. The number of hydrogen-bond donors (Lipinski definition) is 0. The fraction of sp³-hybridized carbons (Fsp3) is 1.00. The van der Waals surface area contributed by atoms with E-state index in [-0.39, 0.29) is 0 Å². The molecule has 0 bridgehead atoms. The normalized spacial score (nSPS) is 29.4. The topological polar surface area (TPSA) is 0 Å². The highest BCUT2D eigenvalue weighted by molar-refractivity contribution is 7.17. The van der Waals surface area contributed by atoms with Gasteiger partial charge < -0.3 is 0 Å². The Labute approximate surface area is 94.4 Å². The molecule has 0 aromatic rings. The summed E-state index contributed by atoms with van der Waals surface area (Å²) in [5.41, 5.74) is 0.932. The van der Waals surface area contributed by atoms with E-state index in [9.17, 15) is 0 Å². The number of hydrogen-bond acceptors (Lipinski definition) is 0. The lowest BCUT2D eigenvalue weighted by atomic mass is 9.93. The SMILES string of the molecule is CCCC(CP)CCC1CCCC1P. The standard InChI is InChI=1S/C12H26P2/c1-2-4-10(9-13)7-8-11-5-3-6-12(11)14/h10-12H,2-9,13-14H2,1H3. The molecule has 5 unspecified atom stereocenters. The average molecular weight is 232 g/mol. The van der Waals surface area contributed by atoms with Gasteiger partial charge in [0.2, 0.25) is 0 Å². The Morgan fingerprint density at radius 1 is 1.29 bits per heavy atom. The summed E-state index contributed by atoms with van der Waals surface area (Å²) in [5, 5.41) is 0. The molecule has 14 heavy (non-hydrogen) atoms. The van der Waals surface area contributed by atoms with E-state index in [0.717, 1.165) is 17.5 Å². The third-order valence-electron chi connectivity index (χ3n) is 3.69. The summed E-state index contributed by atoms with van der Waals surface area (Å²) in [7, 11) is 5.98. The third-order valence-corrected chi connectivity index (χ3v) is 5.24. The molecular weight excluding hydrogens is 206 g/mol. The highest BCUT2D eigenvalue weighted by atomic mass is 31.0. The highest BCUT2D eigenvalue weighted by Gasteiger charge is 2.23. The molecule has 2 heteroatoms. The average Bonchev–Trinajstić information content (AvgIpc) is 2.59. The van der Waals surface area contributed by atoms with Crippen molar-refractivity contribution >= 4 is 18.5 Å². The van der Waals surface area contributed by atoms with Crippen LogP contribution in [0.25, 0.3) is 0 Å². The minimum absolute atomic E-state index is 0.932. The van der Waals surface area contributed by atoms with Crippen molar-refractivity contribution in [2.75, 3.05) is 6.16 Å². The summed E-state index contributed by atoms with van der Waals surface area (Å²) in [4.78, 5) is 0. The van der Waals surface area contributed by atoms with Crippen molar-refractivity contribution in [2.24, 2.45) is 11.8 Å². The third kappa shape index (κ3) is 4.16. The molecule has 0 spiro atoms. The van der Waals surface area contributed by atoms with Gasteiger partial charge in [0.1, 0.15) is 0 Å². The van der Waals surface area contributed by atoms with Crippen LogP contribution in [0.15, 0.2) is 0 Å². The Bertz CT molecular complexity index is 147. The van der Waals surface area contributed by atoms with Gasteiger partial charge in [-0.05, 0) is 49.3 Å². The van der Waals surface area contributed by atoms with Crippen molar-refractivity contribution in [3.63, 3.8) is 0 Å². The minimum Gasteiger partial charge on any atom is -0.137 e. The molecule has 5 atom stereocenters. The van der Waals surface area contributed by atoms with Crippen molar-refractivity contribution in [1.82, 2.24) is 0 Å². The molecule has 0 aromatic carbocycles. The second kappa shape index (κ2) is 7.19. The summed E-state index contributed by atoms with van der Waals surface area (Å²) in [6.45, 7) is 2.31. The highest BCUT2D eigenvalue weighted by Crippen LogP contribution is 2.36. The Morgan fingerprint density at radius 3 is 2.57 bits per heavy atom. The number of rotatable bonds is 6. The van der Waals surface area contributed by atoms with Crippen LogP contribution in [0.2, 0.25) is 0 Å². The Hall–Kier alpha value is 0.860. The van der Waals surface area contributed by atoms with Crippen molar-refractivity contribution in [2.45, 2.75) is 57.5 Å². The van der Waals surface area contributed by atoms with E-state index in [1.807, 2.05) is 0 Å². The lowest BCUT2D eigenvalue weighted by Gasteiger charge is -2.19. The first-order valence-electron chi connectivity index (χ1n) is 6.23. The molecule has 0 saturated heterocycles. The Kier molecular flexibility index (Phi) is 6.64. The van der Waals surface area contributed by atoms with Gasteiger partial charge in [0.15, 0.2) is 0 Å². The first kappa shape index (κ1) is 12.9. The molecule has 0 aliphatic heterocycles. The van der Waals surface area contributed by atoms with E-state index in [1.54, 1.807) is 0 Å². The van der Waals surface area contributed by atoms with Crippen molar-refractivity contribution in [3.8, 4) is 0 Å². The minimum atomic E-state index is 0.932. The molecule has 1 saturated carbocycles. The molecule has 0 N–H and O–H groups in total. The molecule has 1 rings (SSSR count). The van der Waals surface area contributed by atoms with Crippen LogP contribution >= 0.6 is 18.5 Å². The Morgan fingerprint density at radius 2 is 2.07 bits per heavy atom. The van der Waals surface area contributed by atoms with E-state index < -0.39 is 0 Å². The second-order valence-corrected chi connectivity index (χ2v) is 6.15. The van der Waals surface area contributed by atoms with Crippen LogP contribution in [0.1, 0.15) is 51.9 Å². The van der Waals surface area contributed by atoms with Crippen molar-refractivity contribution in [1.29, 1.82) is 0 Å². The van der Waals surface area contributed by atoms with E-state index in [2.05, 4.69) is 25.4 Å². The molecule has 0 amide bonds. The van der Waals surface area contributed by atoms with Gasteiger partial charge in [-0.15, -0.1) is 18.5 Å². The summed E-state index contributed by atoms with van der Waals surface area (Å²) >= 11 is 0. The van der Waals surface area contributed by atoms with Gasteiger partial charge in [0.05, 0.1) is 0 Å². The summed E-state index contributed by atoms with van der Waals surface area (Å²) in [6.07, 6.45) is 11.4. The zero-order valence-corrected chi connectivity index (χ0v) is 11.9. The summed E-state index contributed by atoms with van der Waals surface area (Å²) in [6, 6.07) is 0. The lowest BCUT2D eigenvalue weighted by Crippen LogP contribution is -2.10. The van der Waals surface area contributed by atoms with Gasteiger partial charge in [-0.1, -0.05) is 26.2 Å². The molecule has 0 heterocycles. The molecule has 1 fully saturated rings.